The quantitative estimate of drug-likeness (QED) is 0.139. The molecule has 0 saturated carbocycles. The predicted octanol–water partition coefficient (Wildman–Crippen LogP) is 13.0. The Morgan fingerprint density at radius 3 is 1.72 bits per heavy atom. The summed E-state index contributed by atoms with van der Waals surface area (Å²) in [5.74, 6) is 0. The zero-order valence-electron chi connectivity index (χ0n) is 25.7. The Kier molecular flexibility index (Phi) is 6.93. The predicted molar refractivity (Wildman–Crippen MR) is 198 cm³/mol. The number of allylic oxidation sites excluding steroid dienone is 5. The lowest BCUT2D eigenvalue weighted by Crippen LogP contribution is -1.90. The minimum Gasteiger partial charge on any atom is -0.455 e. The molecule has 8 aromatic rings. The molecule has 1 nitrogen and oxygen atoms in total. The Balaban J connectivity index is 1.47. The Labute approximate surface area is 269 Å². The number of hydrogen-bond acceptors (Lipinski definition) is 1. The zero-order valence-corrected chi connectivity index (χ0v) is 25.7. The van der Waals surface area contributed by atoms with Crippen LogP contribution < -0.4 is 0 Å². The van der Waals surface area contributed by atoms with Gasteiger partial charge in [0.15, 0.2) is 0 Å². The zero-order chi connectivity index (χ0) is 31.0. The first kappa shape index (κ1) is 27.6. The van der Waals surface area contributed by atoms with Crippen molar-refractivity contribution < 1.29 is 4.42 Å². The van der Waals surface area contributed by atoms with E-state index in [1.807, 2.05) is 12.2 Å². The second-order valence-electron chi connectivity index (χ2n) is 11.6. The van der Waals surface area contributed by atoms with E-state index in [0.717, 1.165) is 44.2 Å². The first-order valence-corrected chi connectivity index (χ1v) is 15.8. The van der Waals surface area contributed by atoms with Crippen LogP contribution in [0.3, 0.4) is 0 Å². The van der Waals surface area contributed by atoms with Crippen LogP contribution in [0, 0.1) is 0 Å². The van der Waals surface area contributed by atoms with Crippen molar-refractivity contribution in [1.29, 1.82) is 0 Å². The highest BCUT2D eigenvalue weighted by Gasteiger charge is 2.20. The molecule has 1 aromatic heterocycles. The van der Waals surface area contributed by atoms with Gasteiger partial charge in [0.2, 0.25) is 0 Å². The van der Waals surface area contributed by atoms with Crippen LogP contribution in [0.2, 0.25) is 0 Å². The molecule has 218 valence electrons. The van der Waals surface area contributed by atoms with Crippen LogP contribution in [0.4, 0.5) is 0 Å². The van der Waals surface area contributed by atoms with Crippen LogP contribution >= 0.6 is 0 Å². The molecule has 0 unspecified atom stereocenters. The Morgan fingerprint density at radius 2 is 1.13 bits per heavy atom. The van der Waals surface area contributed by atoms with Gasteiger partial charge in [-0.15, -0.1) is 0 Å². The summed E-state index contributed by atoms with van der Waals surface area (Å²) < 4.78 is 6.75. The normalized spacial score (nSPS) is 12.2. The van der Waals surface area contributed by atoms with E-state index in [0.29, 0.717) is 0 Å². The summed E-state index contributed by atoms with van der Waals surface area (Å²) in [7, 11) is 0. The molecule has 0 atom stereocenters. The van der Waals surface area contributed by atoms with Crippen molar-refractivity contribution in [3.8, 4) is 33.4 Å². The molecule has 0 bridgehead atoms. The molecule has 0 aliphatic rings. The summed E-state index contributed by atoms with van der Waals surface area (Å²) in [4.78, 5) is 0. The van der Waals surface area contributed by atoms with Crippen molar-refractivity contribution in [2.45, 2.75) is 6.92 Å². The van der Waals surface area contributed by atoms with E-state index >= 15 is 0 Å². The SMILES string of the molecule is C=C/C=C\C(=C/C)c1ccc(-c2ccccc2)c2oc3ccc(-c4c5ccccc5c(-c5ccccc5)c5ccccc45)cc3c12. The van der Waals surface area contributed by atoms with Crippen LogP contribution in [0.25, 0.3) is 82.4 Å². The van der Waals surface area contributed by atoms with Gasteiger partial charge in [0.25, 0.3) is 0 Å². The van der Waals surface area contributed by atoms with Crippen LogP contribution in [0.15, 0.2) is 175 Å². The molecular weight excluding hydrogens is 556 g/mol. The highest BCUT2D eigenvalue weighted by Crippen LogP contribution is 2.46. The molecule has 8 rings (SSSR count). The third-order valence-corrected chi connectivity index (χ3v) is 9.02. The topological polar surface area (TPSA) is 13.1 Å². The standard InChI is InChI=1S/C45H32O/c1-3-5-16-30(4-2)34-26-27-35(31-17-8-6-9-18-31)45-44(34)40-29-33(25-28-41(40)46-45)43-38-23-14-12-21-36(38)42(32-19-10-7-11-20-32)37-22-13-15-24-39(37)43/h3-29H,1H2,2H3/b16-5-,30-4+. The van der Waals surface area contributed by atoms with Crippen molar-refractivity contribution in [3.63, 3.8) is 0 Å². The first-order valence-electron chi connectivity index (χ1n) is 15.8. The van der Waals surface area contributed by atoms with Gasteiger partial charge in [-0.05, 0) is 85.6 Å². The smallest absolute Gasteiger partial charge is 0.143 e. The fourth-order valence-corrected chi connectivity index (χ4v) is 6.99. The van der Waals surface area contributed by atoms with Gasteiger partial charge in [-0.1, -0.05) is 152 Å². The van der Waals surface area contributed by atoms with Crippen LogP contribution in [-0.2, 0) is 0 Å². The minimum absolute atomic E-state index is 0.876. The molecule has 0 spiro atoms. The fraction of sp³-hybridized carbons (Fsp3) is 0.0222. The number of fused-ring (bicyclic) bond motifs is 5. The maximum absolute atomic E-state index is 6.75. The summed E-state index contributed by atoms with van der Waals surface area (Å²) in [6.07, 6.45) is 8.09. The van der Waals surface area contributed by atoms with Gasteiger partial charge in [-0.3, -0.25) is 0 Å². The molecule has 46 heavy (non-hydrogen) atoms. The average Bonchev–Trinajstić information content (AvgIpc) is 3.50. The largest absolute Gasteiger partial charge is 0.455 e. The van der Waals surface area contributed by atoms with Gasteiger partial charge in [0.1, 0.15) is 11.2 Å². The van der Waals surface area contributed by atoms with Crippen molar-refractivity contribution in [2.24, 2.45) is 0 Å². The average molecular weight is 589 g/mol. The first-order chi connectivity index (χ1) is 22.8. The Morgan fingerprint density at radius 1 is 0.565 bits per heavy atom. The maximum Gasteiger partial charge on any atom is 0.143 e. The van der Waals surface area contributed by atoms with E-state index in [1.54, 1.807) is 0 Å². The molecule has 7 aromatic carbocycles. The number of hydrogen-bond donors (Lipinski definition) is 0. The highest BCUT2D eigenvalue weighted by molar-refractivity contribution is 6.23. The van der Waals surface area contributed by atoms with Crippen LogP contribution in [-0.4, -0.2) is 0 Å². The third-order valence-electron chi connectivity index (χ3n) is 9.02. The Bertz CT molecular complexity index is 2420. The summed E-state index contributed by atoms with van der Waals surface area (Å²) in [5.41, 5.74) is 11.2. The maximum atomic E-state index is 6.75. The molecule has 0 aliphatic carbocycles. The van der Waals surface area contributed by atoms with Crippen molar-refractivity contribution >= 4 is 49.1 Å². The number of furan rings is 1. The molecule has 1 heteroatoms. The summed E-state index contributed by atoms with van der Waals surface area (Å²) in [5, 5.41) is 7.19. The fourth-order valence-electron chi connectivity index (χ4n) is 6.99. The molecule has 0 saturated heterocycles. The second kappa shape index (κ2) is 11.5. The molecule has 0 radical (unpaired) electrons. The summed E-state index contributed by atoms with van der Waals surface area (Å²) >= 11 is 0. The van der Waals surface area contributed by atoms with Gasteiger partial charge in [0.05, 0.1) is 0 Å². The lowest BCUT2D eigenvalue weighted by Gasteiger charge is -2.17. The summed E-state index contributed by atoms with van der Waals surface area (Å²) in [6, 6.07) is 50.0. The van der Waals surface area contributed by atoms with Crippen LogP contribution in [0.5, 0.6) is 0 Å². The van der Waals surface area contributed by atoms with Crippen molar-refractivity contribution in [3.05, 3.63) is 176 Å². The van der Waals surface area contributed by atoms with Crippen molar-refractivity contribution in [1.82, 2.24) is 0 Å². The summed E-state index contributed by atoms with van der Waals surface area (Å²) in [6.45, 7) is 5.99. The van der Waals surface area contributed by atoms with E-state index in [2.05, 4.69) is 165 Å². The van der Waals surface area contributed by atoms with E-state index in [1.165, 1.54) is 43.8 Å². The highest BCUT2D eigenvalue weighted by atomic mass is 16.3. The monoisotopic (exact) mass is 588 g/mol. The van der Waals surface area contributed by atoms with Crippen LogP contribution in [0.1, 0.15) is 12.5 Å². The van der Waals surface area contributed by atoms with E-state index in [4.69, 9.17) is 4.42 Å². The molecule has 0 aliphatic heterocycles. The molecule has 0 N–H and O–H groups in total. The molecule has 1 heterocycles. The number of rotatable bonds is 6. The van der Waals surface area contributed by atoms with Gasteiger partial charge in [-0.25, -0.2) is 0 Å². The second-order valence-corrected chi connectivity index (χ2v) is 11.6. The minimum atomic E-state index is 0.876. The lowest BCUT2D eigenvalue weighted by molar-refractivity contribution is 0.670. The lowest BCUT2D eigenvalue weighted by atomic mass is 9.85. The molecule has 0 amide bonds. The van der Waals surface area contributed by atoms with E-state index < -0.39 is 0 Å². The molecule has 0 fully saturated rings. The van der Waals surface area contributed by atoms with Gasteiger partial charge >= 0.3 is 0 Å². The van der Waals surface area contributed by atoms with Crippen molar-refractivity contribution in [2.75, 3.05) is 0 Å². The third kappa shape index (κ3) is 4.48. The van der Waals surface area contributed by atoms with Gasteiger partial charge in [0, 0.05) is 16.3 Å². The van der Waals surface area contributed by atoms with E-state index in [9.17, 15) is 0 Å². The Hall–Kier alpha value is -5.92. The van der Waals surface area contributed by atoms with Gasteiger partial charge < -0.3 is 4.42 Å². The molecular formula is C45H32O. The van der Waals surface area contributed by atoms with E-state index in [-0.39, 0.29) is 0 Å². The van der Waals surface area contributed by atoms with Gasteiger partial charge in [-0.2, -0.15) is 0 Å². The number of benzene rings is 7.